The molecule has 3 rings (SSSR count). The van der Waals surface area contributed by atoms with Crippen molar-refractivity contribution in [3.05, 3.63) is 52.2 Å². The minimum absolute atomic E-state index is 0. The van der Waals surface area contributed by atoms with E-state index in [1.54, 1.807) is 12.1 Å². The number of hydrogen-bond acceptors (Lipinski definition) is 2. The van der Waals surface area contributed by atoms with Gasteiger partial charge >= 0.3 is 6.03 Å². The van der Waals surface area contributed by atoms with Gasteiger partial charge in [0, 0.05) is 29.7 Å². The number of hydrogen-bond donors (Lipinski definition) is 2. The van der Waals surface area contributed by atoms with Crippen LogP contribution in [0.2, 0.25) is 5.02 Å². The van der Waals surface area contributed by atoms with Crippen LogP contribution in [-0.2, 0) is 13.0 Å². The minimum Gasteiger partial charge on any atom is -0.370 e. The van der Waals surface area contributed by atoms with E-state index in [0.29, 0.717) is 29.1 Å². The highest BCUT2D eigenvalue weighted by atomic mass is 35.5. The van der Waals surface area contributed by atoms with Gasteiger partial charge < -0.3 is 16.4 Å². The van der Waals surface area contributed by atoms with Gasteiger partial charge in [0.2, 0.25) is 0 Å². The lowest BCUT2D eigenvalue weighted by Gasteiger charge is -2.29. The van der Waals surface area contributed by atoms with Gasteiger partial charge in [0.25, 0.3) is 0 Å². The van der Waals surface area contributed by atoms with Crippen molar-refractivity contribution >= 4 is 23.6 Å². The highest BCUT2D eigenvalue weighted by Gasteiger charge is 2.26. The van der Waals surface area contributed by atoms with Crippen LogP contribution in [0.25, 0.3) is 11.3 Å². The Morgan fingerprint density at radius 2 is 2.00 bits per heavy atom. The maximum atomic E-state index is 14.2. The topological polar surface area (TPSA) is 97.6 Å². The van der Waals surface area contributed by atoms with E-state index in [2.05, 4.69) is 9.98 Å². The molecule has 2 amide bonds. The second-order valence-corrected chi connectivity index (χ2v) is 5.93. The van der Waals surface area contributed by atoms with E-state index < -0.39 is 17.7 Å². The first-order valence-corrected chi connectivity index (χ1v) is 7.75. The molecule has 0 radical (unpaired) electrons. The monoisotopic (exact) mass is 381 g/mol. The summed E-state index contributed by atoms with van der Waals surface area (Å²) in [6.45, 7) is 0.504. The smallest absolute Gasteiger partial charge is 0.347 e. The van der Waals surface area contributed by atoms with E-state index in [1.807, 2.05) is 0 Å². The van der Waals surface area contributed by atoms with Crippen LogP contribution in [0.1, 0.15) is 18.6 Å². The zero-order valence-electron chi connectivity index (χ0n) is 13.0. The van der Waals surface area contributed by atoms with Gasteiger partial charge in [0.1, 0.15) is 11.5 Å². The Morgan fingerprint density at radius 1 is 1.27 bits per heavy atom. The number of aromatic nitrogens is 1. The van der Waals surface area contributed by atoms with Crippen molar-refractivity contribution in [2.45, 2.75) is 20.4 Å². The molecule has 0 unspecified atom stereocenters. The fraction of sp³-hybridized carbons (Fsp3) is 0.235. The fourth-order valence-corrected chi connectivity index (χ4v) is 3.08. The van der Waals surface area contributed by atoms with Crippen LogP contribution >= 0.6 is 11.6 Å². The van der Waals surface area contributed by atoms with Gasteiger partial charge in [-0.1, -0.05) is 25.1 Å². The van der Waals surface area contributed by atoms with Crippen LogP contribution in [-0.4, -0.2) is 28.4 Å². The summed E-state index contributed by atoms with van der Waals surface area (Å²) in [7, 11) is 0. The van der Waals surface area contributed by atoms with Crippen molar-refractivity contribution in [3.63, 3.8) is 0 Å². The summed E-state index contributed by atoms with van der Waals surface area (Å²) < 4.78 is 27.3. The van der Waals surface area contributed by atoms with Crippen molar-refractivity contribution in [1.82, 2.24) is 9.88 Å². The molecule has 9 heteroatoms. The van der Waals surface area contributed by atoms with Crippen LogP contribution in [0.15, 0.2) is 29.4 Å². The molecule has 0 bridgehead atoms. The summed E-state index contributed by atoms with van der Waals surface area (Å²) in [6.07, 6.45) is 1.39. The first-order valence-electron chi connectivity index (χ1n) is 7.37. The molecule has 138 valence electrons. The Bertz CT molecular complexity index is 884. The molecular weight excluding hydrogens is 364 g/mol. The van der Waals surface area contributed by atoms with Crippen molar-refractivity contribution in [3.8, 4) is 11.3 Å². The fourth-order valence-electron chi connectivity index (χ4n) is 2.81. The third-order valence-corrected chi connectivity index (χ3v) is 4.27. The molecule has 26 heavy (non-hydrogen) atoms. The van der Waals surface area contributed by atoms with Crippen LogP contribution in [0.3, 0.4) is 0 Å². The third-order valence-electron chi connectivity index (χ3n) is 3.91. The number of urea groups is 1. The summed E-state index contributed by atoms with van der Waals surface area (Å²) >= 11 is 6.23. The molecule has 0 atom stereocenters. The van der Waals surface area contributed by atoms with Gasteiger partial charge in [-0.3, -0.25) is 4.98 Å². The van der Waals surface area contributed by atoms with Crippen LogP contribution in [0.5, 0.6) is 0 Å². The predicted molar refractivity (Wildman–Crippen MR) is 96.6 cm³/mol. The standard InChI is InChI=1S/C16H14ClF2N5O.CH4/c17-12-2-1-10(14-13(19)5-8(18)6-22-14)11-7-24(4-3-9(11)12)16(25)23-15(20)21;/h1-2,5-6H,3-4,7H2,(H4,20,21,23,25);1H4. The zero-order valence-corrected chi connectivity index (χ0v) is 13.7. The lowest BCUT2D eigenvalue weighted by atomic mass is 9.93. The Kier molecular flexibility index (Phi) is 5.76. The normalized spacial score (nSPS) is 12.8. The number of amides is 2. The van der Waals surface area contributed by atoms with E-state index in [0.717, 1.165) is 17.8 Å². The molecule has 0 fully saturated rings. The molecule has 2 heterocycles. The largest absolute Gasteiger partial charge is 0.370 e. The van der Waals surface area contributed by atoms with E-state index in [4.69, 9.17) is 23.1 Å². The molecule has 1 aliphatic heterocycles. The van der Waals surface area contributed by atoms with Crippen LogP contribution in [0.4, 0.5) is 13.6 Å². The van der Waals surface area contributed by atoms with E-state index >= 15 is 0 Å². The number of rotatable bonds is 1. The number of fused-ring (bicyclic) bond motifs is 1. The summed E-state index contributed by atoms with van der Waals surface area (Å²) in [6, 6.07) is 3.39. The number of pyridine rings is 1. The SMILES string of the molecule is C.NC(N)=NC(=O)N1CCc2c(Cl)ccc(-c3ncc(F)cc3F)c2C1. The Labute approximate surface area is 154 Å². The Morgan fingerprint density at radius 3 is 2.65 bits per heavy atom. The summed E-state index contributed by atoms with van der Waals surface area (Å²) in [5, 5.41) is 0.509. The molecule has 4 N–H and O–H groups in total. The third kappa shape index (κ3) is 3.75. The van der Waals surface area contributed by atoms with Crippen molar-refractivity contribution in [1.29, 1.82) is 0 Å². The van der Waals surface area contributed by atoms with Gasteiger partial charge in [-0.25, -0.2) is 13.6 Å². The molecule has 6 nitrogen and oxygen atoms in total. The molecule has 2 aromatic rings. The van der Waals surface area contributed by atoms with Gasteiger partial charge in [0.15, 0.2) is 11.8 Å². The van der Waals surface area contributed by atoms with Gasteiger partial charge in [-0.05, 0) is 23.6 Å². The van der Waals surface area contributed by atoms with E-state index in [1.165, 1.54) is 4.90 Å². The lowest BCUT2D eigenvalue weighted by Crippen LogP contribution is -2.36. The molecule has 1 aromatic carbocycles. The second-order valence-electron chi connectivity index (χ2n) is 5.53. The van der Waals surface area contributed by atoms with Crippen LogP contribution < -0.4 is 11.5 Å². The number of halogens is 3. The van der Waals surface area contributed by atoms with Gasteiger partial charge in [-0.15, -0.1) is 0 Å². The molecule has 0 saturated heterocycles. The summed E-state index contributed by atoms with van der Waals surface area (Å²) in [5.74, 6) is -1.90. The van der Waals surface area contributed by atoms with Gasteiger partial charge in [0.05, 0.1) is 6.20 Å². The zero-order chi connectivity index (χ0) is 18.1. The Hall–Kier alpha value is -2.74. The van der Waals surface area contributed by atoms with Crippen molar-refractivity contribution in [2.24, 2.45) is 16.5 Å². The first kappa shape index (κ1) is 19.6. The number of carbonyl (C=O) groups excluding carboxylic acids is 1. The summed E-state index contributed by atoms with van der Waals surface area (Å²) in [4.78, 5) is 20.8. The predicted octanol–water partition coefficient (Wildman–Crippen LogP) is 3.07. The minimum atomic E-state index is -0.794. The summed E-state index contributed by atoms with van der Waals surface area (Å²) in [5.41, 5.74) is 12.3. The van der Waals surface area contributed by atoms with Crippen molar-refractivity contribution < 1.29 is 13.6 Å². The lowest BCUT2D eigenvalue weighted by molar-refractivity contribution is 0.203. The Balaban J connectivity index is 0.00000243. The molecule has 1 aliphatic rings. The average molecular weight is 382 g/mol. The molecule has 0 aliphatic carbocycles. The highest BCUT2D eigenvalue weighted by molar-refractivity contribution is 6.31. The van der Waals surface area contributed by atoms with Crippen molar-refractivity contribution in [2.75, 3.05) is 6.54 Å². The maximum absolute atomic E-state index is 14.2. The molecule has 0 spiro atoms. The quantitative estimate of drug-likeness (QED) is 0.586. The number of guanidine groups is 1. The van der Waals surface area contributed by atoms with E-state index in [-0.39, 0.29) is 25.6 Å². The van der Waals surface area contributed by atoms with E-state index in [9.17, 15) is 13.6 Å². The molecule has 0 saturated carbocycles. The number of benzene rings is 1. The van der Waals surface area contributed by atoms with Crippen LogP contribution in [0, 0.1) is 11.6 Å². The number of nitrogens with two attached hydrogens (primary N) is 2. The number of aliphatic imine (C=N–C) groups is 1. The number of carbonyl (C=O) groups is 1. The molecular formula is C17H18ClF2N5O. The average Bonchev–Trinajstić information content (AvgIpc) is 2.55. The second kappa shape index (κ2) is 7.65. The number of nitrogens with zero attached hydrogens (tertiary/aromatic N) is 3. The molecule has 1 aromatic heterocycles. The maximum Gasteiger partial charge on any atom is 0.347 e. The highest BCUT2D eigenvalue weighted by Crippen LogP contribution is 2.35. The first-order chi connectivity index (χ1) is 11.9. The van der Waals surface area contributed by atoms with Gasteiger partial charge in [-0.2, -0.15) is 4.99 Å².